The summed E-state index contributed by atoms with van der Waals surface area (Å²) < 4.78 is 20.6. The quantitative estimate of drug-likeness (QED) is 0.358. The normalized spacial score (nSPS) is 11.8. The topological polar surface area (TPSA) is 53.0 Å². The van der Waals surface area contributed by atoms with Gasteiger partial charge in [0.25, 0.3) is 0 Å². The molecular weight excluding hydrogens is 173 g/mol. The summed E-state index contributed by atoms with van der Waals surface area (Å²) in [5.41, 5.74) is 0.849. The number of aromatic nitrogens is 1. The first-order valence-corrected chi connectivity index (χ1v) is 3.78. The second-order valence-corrected chi connectivity index (χ2v) is 2.87. The first kappa shape index (κ1) is 11.3. The number of aryl methyl sites for hydroxylation is 1. The predicted molar refractivity (Wildman–Crippen MR) is 36.2 cm³/mol. The van der Waals surface area contributed by atoms with Crippen molar-refractivity contribution < 1.29 is 38.3 Å². The first-order valence-electron chi connectivity index (χ1n) is 2.71. The second-order valence-electron chi connectivity index (χ2n) is 1.93. The zero-order chi connectivity index (χ0) is 7.56. The van der Waals surface area contributed by atoms with E-state index >= 15 is 0 Å². The van der Waals surface area contributed by atoms with E-state index in [1.165, 1.54) is 6.20 Å². The maximum atomic E-state index is 10.3. The van der Waals surface area contributed by atoms with Crippen molar-refractivity contribution in [3.05, 3.63) is 24.0 Å². The van der Waals surface area contributed by atoms with E-state index in [9.17, 15) is 8.76 Å². The van der Waals surface area contributed by atoms with E-state index in [2.05, 4.69) is 4.98 Å². The van der Waals surface area contributed by atoms with Crippen LogP contribution in [0.4, 0.5) is 0 Å². The fourth-order valence-electron chi connectivity index (χ4n) is 0.618. The Bertz CT molecular complexity index is 267. The average molecular weight is 179 g/mol. The van der Waals surface area contributed by atoms with Crippen molar-refractivity contribution in [1.82, 2.24) is 4.98 Å². The predicted octanol–water partition coefficient (Wildman–Crippen LogP) is -2.37. The molecule has 0 spiro atoms. The molecule has 1 aromatic rings. The summed E-state index contributed by atoms with van der Waals surface area (Å²) in [5, 5.41) is 0. The monoisotopic (exact) mass is 179 g/mol. The van der Waals surface area contributed by atoms with Gasteiger partial charge in [-0.3, -0.25) is 9.19 Å². The zero-order valence-electron chi connectivity index (χ0n) is 6.40. The van der Waals surface area contributed by atoms with E-state index in [-0.39, 0.29) is 34.5 Å². The molecule has 0 fully saturated rings. The molecule has 3 nitrogen and oxygen atoms in total. The number of nitrogens with zero attached hydrogens (tertiary/aromatic N) is 1. The molecule has 0 aliphatic heterocycles. The fourth-order valence-corrected chi connectivity index (χ4v) is 1.05. The molecule has 1 rings (SSSR count). The number of rotatable bonds is 1. The summed E-state index contributed by atoms with van der Waals surface area (Å²) in [6.07, 6.45) is 2.92. The summed E-state index contributed by atoms with van der Waals surface area (Å²) in [7, 11) is 0. The van der Waals surface area contributed by atoms with Gasteiger partial charge in [0.1, 0.15) is 0 Å². The number of pyridine rings is 1. The van der Waals surface area contributed by atoms with Gasteiger partial charge in [0.2, 0.25) is 0 Å². The van der Waals surface area contributed by atoms with Crippen LogP contribution in [0.5, 0.6) is 0 Å². The van der Waals surface area contributed by atoms with Gasteiger partial charge in [-0.05, 0) is 29.6 Å². The molecule has 0 amide bonds. The van der Waals surface area contributed by atoms with Crippen molar-refractivity contribution in [2.24, 2.45) is 0 Å². The van der Waals surface area contributed by atoms with Crippen molar-refractivity contribution in [1.29, 1.82) is 0 Å². The molecule has 5 heteroatoms. The Morgan fingerprint density at radius 3 is 2.55 bits per heavy atom. The Hall–Kier alpha value is 0.260. The molecule has 1 aromatic heterocycles. The van der Waals surface area contributed by atoms with Gasteiger partial charge in [0.15, 0.2) is 0 Å². The standard InChI is InChI=1S/C6H7NO2S.Na/c1-5-2-6(10(8)9)4-7-3-5;/h2-4H,1H3,(H,8,9);/q;+1/p-1. The van der Waals surface area contributed by atoms with E-state index in [0.29, 0.717) is 0 Å². The van der Waals surface area contributed by atoms with Crippen molar-refractivity contribution in [2.75, 3.05) is 0 Å². The third-order valence-corrected chi connectivity index (χ3v) is 1.65. The minimum Gasteiger partial charge on any atom is -0.768 e. The molecule has 0 saturated heterocycles. The second kappa shape index (κ2) is 5.00. The molecule has 0 bridgehead atoms. The summed E-state index contributed by atoms with van der Waals surface area (Å²) in [6.45, 7) is 1.80. The zero-order valence-corrected chi connectivity index (χ0v) is 9.22. The van der Waals surface area contributed by atoms with Crippen LogP contribution in [-0.4, -0.2) is 13.7 Å². The van der Waals surface area contributed by atoms with Gasteiger partial charge < -0.3 is 4.55 Å². The van der Waals surface area contributed by atoms with Crippen LogP contribution in [-0.2, 0) is 11.1 Å². The fraction of sp³-hybridized carbons (Fsp3) is 0.167. The van der Waals surface area contributed by atoms with Crippen LogP contribution in [0, 0.1) is 6.92 Å². The van der Waals surface area contributed by atoms with Crippen molar-refractivity contribution in [2.45, 2.75) is 11.8 Å². The van der Waals surface area contributed by atoms with Crippen LogP contribution in [0.2, 0.25) is 0 Å². The van der Waals surface area contributed by atoms with E-state index < -0.39 is 11.1 Å². The van der Waals surface area contributed by atoms with Gasteiger partial charge in [-0.15, -0.1) is 0 Å². The third kappa shape index (κ3) is 3.44. The average Bonchev–Trinajstić information content (AvgIpc) is 1.88. The molecule has 11 heavy (non-hydrogen) atoms. The van der Waals surface area contributed by atoms with E-state index in [0.717, 1.165) is 5.56 Å². The molecular formula is C6H6NNaO2S. The van der Waals surface area contributed by atoms with Crippen molar-refractivity contribution in [3.63, 3.8) is 0 Å². The van der Waals surface area contributed by atoms with Crippen LogP contribution in [0.25, 0.3) is 0 Å². The van der Waals surface area contributed by atoms with E-state index in [4.69, 9.17) is 0 Å². The van der Waals surface area contributed by atoms with Crippen LogP contribution < -0.4 is 29.6 Å². The molecule has 0 saturated carbocycles. The largest absolute Gasteiger partial charge is 1.00 e. The smallest absolute Gasteiger partial charge is 0.768 e. The van der Waals surface area contributed by atoms with Crippen LogP contribution in [0.1, 0.15) is 5.56 Å². The maximum Gasteiger partial charge on any atom is 1.00 e. The molecule has 0 aliphatic carbocycles. The molecule has 0 radical (unpaired) electrons. The van der Waals surface area contributed by atoms with Gasteiger partial charge in [-0.1, -0.05) is 0 Å². The van der Waals surface area contributed by atoms with Gasteiger partial charge in [0.05, 0.1) is 0 Å². The summed E-state index contributed by atoms with van der Waals surface area (Å²) in [6, 6.07) is 1.57. The Morgan fingerprint density at radius 1 is 1.55 bits per heavy atom. The molecule has 0 aliphatic rings. The van der Waals surface area contributed by atoms with E-state index in [1.54, 1.807) is 19.2 Å². The van der Waals surface area contributed by atoms with Gasteiger partial charge in [-0.2, -0.15) is 0 Å². The van der Waals surface area contributed by atoms with Crippen LogP contribution in [0.15, 0.2) is 23.4 Å². The third-order valence-electron chi connectivity index (χ3n) is 1.04. The molecule has 1 atom stereocenters. The van der Waals surface area contributed by atoms with Gasteiger partial charge in [0, 0.05) is 17.3 Å². The van der Waals surface area contributed by atoms with Gasteiger partial charge >= 0.3 is 29.6 Å². The van der Waals surface area contributed by atoms with E-state index in [1.807, 2.05) is 0 Å². The minimum absolute atomic E-state index is 0. The first-order chi connectivity index (χ1) is 4.70. The Kier molecular flexibility index (Phi) is 5.12. The molecule has 0 aromatic carbocycles. The van der Waals surface area contributed by atoms with Crippen LogP contribution in [0.3, 0.4) is 0 Å². The molecule has 1 unspecified atom stereocenters. The summed E-state index contributed by atoms with van der Waals surface area (Å²) in [5.74, 6) is 0. The van der Waals surface area contributed by atoms with Crippen LogP contribution >= 0.6 is 0 Å². The Balaban J connectivity index is 0.000001000. The molecule has 1 heterocycles. The Labute approximate surface area is 89.8 Å². The SMILES string of the molecule is Cc1cncc(S(=O)[O-])c1.[Na+]. The number of hydrogen-bond acceptors (Lipinski definition) is 3. The molecule has 54 valence electrons. The maximum absolute atomic E-state index is 10.3. The summed E-state index contributed by atoms with van der Waals surface area (Å²) >= 11 is -2.15. The minimum atomic E-state index is -2.15. The van der Waals surface area contributed by atoms with Gasteiger partial charge in [-0.25, -0.2) is 0 Å². The Morgan fingerprint density at radius 2 is 2.18 bits per heavy atom. The van der Waals surface area contributed by atoms with Crippen molar-refractivity contribution in [3.8, 4) is 0 Å². The van der Waals surface area contributed by atoms with Crippen molar-refractivity contribution >= 4 is 11.1 Å². The molecule has 0 N–H and O–H groups in total. The summed E-state index contributed by atoms with van der Waals surface area (Å²) in [4.78, 5) is 3.95. The number of hydrogen-bond donors (Lipinski definition) is 0.